The predicted octanol–water partition coefficient (Wildman–Crippen LogP) is 2.17. The van der Waals surface area contributed by atoms with Crippen molar-refractivity contribution in [3.8, 4) is 11.8 Å². The zero-order valence-electron chi connectivity index (χ0n) is 13.5. The number of hydrogen-bond acceptors (Lipinski definition) is 5. The third kappa shape index (κ3) is 5.95. The molecular formula is C18H20O5. The first kappa shape index (κ1) is 18.4. The van der Waals surface area contributed by atoms with Crippen LogP contribution in [0.2, 0.25) is 0 Å². The van der Waals surface area contributed by atoms with Gasteiger partial charge >= 0.3 is 11.9 Å². The lowest BCUT2D eigenvalue weighted by atomic mass is 9.94. The maximum absolute atomic E-state index is 12.4. The second-order valence-corrected chi connectivity index (χ2v) is 4.94. The molecule has 1 aromatic carbocycles. The van der Waals surface area contributed by atoms with Crippen LogP contribution in [0.3, 0.4) is 0 Å². The maximum Gasteiger partial charge on any atom is 0.347 e. The maximum atomic E-state index is 12.4. The summed E-state index contributed by atoms with van der Waals surface area (Å²) in [6.45, 7) is 5.26. The lowest BCUT2D eigenvalue weighted by Gasteiger charge is -2.18. The summed E-state index contributed by atoms with van der Waals surface area (Å²) in [5, 5.41) is 0. The second kappa shape index (κ2) is 9.42. The molecule has 0 saturated carbocycles. The van der Waals surface area contributed by atoms with Gasteiger partial charge in [-0.1, -0.05) is 35.7 Å². The zero-order chi connectivity index (χ0) is 17.2. The third-order valence-corrected chi connectivity index (χ3v) is 3.11. The lowest BCUT2D eigenvalue weighted by molar-refractivity contribution is -0.167. The van der Waals surface area contributed by atoms with E-state index < -0.39 is 24.0 Å². The largest absolute Gasteiger partial charge is 0.463 e. The first-order chi connectivity index (χ1) is 11.0. The fourth-order valence-corrected chi connectivity index (χ4v) is 1.99. The Kier molecular flexibility index (Phi) is 7.55. The SMILES string of the molecule is CCOC(=O)C(C)OC(=O)C(CC#CC=O)c1cccc(C)c1. The zero-order valence-corrected chi connectivity index (χ0v) is 13.5. The first-order valence-corrected chi connectivity index (χ1v) is 7.35. The van der Waals surface area contributed by atoms with E-state index in [0.717, 1.165) is 11.1 Å². The van der Waals surface area contributed by atoms with E-state index in [-0.39, 0.29) is 13.0 Å². The van der Waals surface area contributed by atoms with Gasteiger partial charge in [0.25, 0.3) is 0 Å². The number of esters is 2. The van der Waals surface area contributed by atoms with Gasteiger partial charge in [0.15, 0.2) is 12.4 Å². The lowest BCUT2D eigenvalue weighted by Crippen LogP contribution is -2.29. The van der Waals surface area contributed by atoms with E-state index in [0.29, 0.717) is 6.29 Å². The van der Waals surface area contributed by atoms with Gasteiger partial charge in [-0.25, -0.2) is 4.79 Å². The molecule has 0 N–H and O–H groups in total. The molecule has 0 amide bonds. The van der Waals surface area contributed by atoms with Crippen molar-refractivity contribution in [2.75, 3.05) is 6.61 Å². The Hall–Kier alpha value is -2.61. The highest BCUT2D eigenvalue weighted by atomic mass is 16.6. The molecule has 2 atom stereocenters. The first-order valence-electron chi connectivity index (χ1n) is 7.35. The number of hydrogen-bond donors (Lipinski definition) is 0. The van der Waals surface area contributed by atoms with Crippen molar-refractivity contribution < 1.29 is 23.9 Å². The Morgan fingerprint density at radius 1 is 1.30 bits per heavy atom. The van der Waals surface area contributed by atoms with Crippen LogP contribution in [-0.4, -0.2) is 30.9 Å². The van der Waals surface area contributed by atoms with Crippen LogP contribution in [0.4, 0.5) is 0 Å². The number of rotatable bonds is 6. The Morgan fingerprint density at radius 2 is 2.04 bits per heavy atom. The smallest absolute Gasteiger partial charge is 0.347 e. The number of benzene rings is 1. The summed E-state index contributed by atoms with van der Waals surface area (Å²) in [7, 11) is 0. The molecule has 122 valence electrons. The van der Waals surface area contributed by atoms with E-state index in [1.54, 1.807) is 13.0 Å². The van der Waals surface area contributed by atoms with Crippen molar-refractivity contribution in [1.29, 1.82) is 0 Å². The molecule has 5 nitrogen and oxygen atoms in total. The summed E-state index contributed by atoms with van der Waals surface area (Å²) >= 11 is 0. The van der Waals surface area contributed by atoms with Gasteiger partial charge in [-0.15, -0.1) is 0 Å². The molecule has 0 radical (unpaired) electrons. The van der Waals surface area contributed by atoms with Crippen LogP contribution in [0.1, 0.15) is 37.3 Å². The molecule has 0 bridgehead atoms. The van der Waals surface area contributed by atoms with Gasteiger partial charge in [0, 0.05) is 6.42 Å². The summed E-state index contributed by atoms with van der Waals surface area (Å²) in [6, 6.07) is 7.37. The van der Waals surface area contributed by atoms with Crippen LogP contribution < -0.4 is 0 Å². The van der Waals surface area contributed by atoms with Crippen LogP contribution >= 0.6 is 0 Å². The van der Waals surface area contributed by atoms with E-state index >= 15 is 0 Å². The monoisotopic (exact) mass is 316 g/mol. The Labute approximate surface area is 136 Å². The van der Waals surface area contributed by atoms with Gasteiger partial charge in [0.2, 0.25) is 0 Å². The minimum absolute atomic E-state index is 0.135. The molecule has 0 spiro atoms. The quantitative estimate of drug-likeness (QED) is 0.457. The number of carbonyl (C=O) groups excluding carboxylic acids is 3. The Bertz CT molecular complexity index is 624. The van der Waals surface area contributed by atoms with Gasteiger partial charge in [0.05, 0.1) is 12.5 Å². The number of ether oxygens (including phenoxy) is 2. The van der Waals surface area contributed by atoms with Crippen molar-refractivity contribution in [2.24, 2.45) is 0 Å². The van der Waals surface area contributed by atoms with Gasteiger partial charge in [-0.2, -0.15) is 0 Å². The molecule has 23 heavy (non-hydrogen) atoms. The molecule has 0 heterocycles. The summed E-state index contributed by atoms with van der Waals surface area (Å²) in [5.74, 6) is 3.08. The fourth-order valence-electron chi connectivity index (χ4n) is 1.99. The van der Waals surface area contributed by atoms with Gasteiger partial charge in [0.1, 0.15) is 0 Å². The summed E-state index contributed by atoms with van der Waals surface area (Å²) in [6.07, 6.45) is -0.384. The van der Waals surface area contributed by atoms with E-state index in [2.05, 4.69) is 11.8 Å². The number of aldehydes is 1. The Balaban J connectivity index is 2.92. The normalized spacial score (nSPS) is 12.3. The van der Waals surface area contributed by atoms with Crippen molar-refractivity contribution in [2.45, 2.75) is 39.2 Å². The molecule has 0 aliphatic heterocycles. The van der Waals surface area contributed by atoms with Crippen LogP contribution in [0.5, 0.6) is 0 Å². The van der Waals surface area contributed by atoms with Crippen molar-refractivity contribution in [3.63, 3.8) is 0 Å². The Morgan fingerprint density at radius 3 is 2.65 bits per heavy atom. The average molecular weight is 316 g/mol. The molecule has 1 rings (SSSR count). The molecular weight excluding hydrogens is 296 g/mol. The summed E-state index contributed by atoms with van der Waals surface area (Å²) in [5.41, 5.74) is 1.72. The summed E-state index contributed by atoms with van der Waals surface area (Å²) in [4.78, 5) is 34.3. The highest BCUT2D eigenvalue weighted by Gasteiger charge is 2.26. The fraction of sp³-hybridized carbons (Fsp3) is 0.389. The molecule has 0 aromatic heterocycles. The predicted molar refractivity (Wildman–Crippen MR) is 84.6 cm³/mol. The highest BCUT2D eigenvalue weighted by Crippen LogP contribution is 2.23. The molecule has 1 aromatic rings. The van der Waals surface area contributed by atoms with E-state index in [1.165, 1.54) is 6.92 Å². The van der Waals surface area contributed by atoms with E-state index in [9.17, 15) is 14.4 Å². The molecule has 2 unspecified atom stereocenters. The van der Waals surface area contributed by atoms with Crippen LogP contribution in [0.25, 0.3) is 0 Å². The minimum Gasteiger partial charge on any atom is -0.463 e. The number of aryl methyl sites for hydroxylation is 1. The average Bonchev–Trinajstić information content (AvgIpc) is 2.51. The van der Waals surface area contributed by atoms with Crippen LogP contribution in [0.15, 0.2) is 24.3 Å². The van der Waals surface area contributed by atoms with E-state index in [4.69, 9.17) is 9.47 Å². The molecule has 0 aliphatic carbocycles. The molecule has 0 saturated heterocycles. The highest BCUT2D eigenvalue weighted by molar-refractivity contribution is 5.83. The van der Waals surface area contributed by atoms with Crippen molar-refractivity contribution in [1.82, 2.24) is 0 Å². The number of carbonyl (C=O) groups is 3. The molecule has 5 heteroatoms. The van der Waals surface area contributed by atoms with Gasteiger partial charge < -0.3 is 9.47 Å². The molecule has 0 fully saturated rings. The topological polar surface area (TPSA) is 69.7 Å². The van der Waals surface area contributed by atoms with Crippen LogP contribution in [-0.2, 0) is 23.9 Å². The molecule has 0 aliphatic rings. The van der Waals surface area contributed by atoms with E-state index in [1.807, 2.05) is 25.1 Å². The van der Waals surface area contributed by atoms with Gasteiger partial charge in [-0.05, 0) is 32.3 Å². The second-order valence-electron chi connectivity index (χ2n) is 4.94. The standard InChI is InChI=1S/C18H20O5/c1-4-22-17(20)14(3)23-18(21)16(10-5-6-11-19)15-9-7-8-13(2)12-15/h7-9,11-12,14,16H,4,10H2,1-3H3. The van der Waals surface area contributed by atoms with Crippen LogP contribution in [0, 0.1) is 18.8 Å². The van der Waals surface area contributed by atoms with Crippen molar-refractivity contribution >= 4 is 18.2 Å². The van der Waals surface area contributed by atoms with Crippen molar-refractivity contribution in [3.05, 3.63) is 35.4 Å². The summed E-state index contributed by atoms with van der Waals surface area (Å²) < 4.78 is 10.00. The van der Waals surface area contributed by atoms with Gasteiger partial charge in [-0.3, -0.25) is 9.59 Å². The third-order valence-electron chi connectivity index (χ3n) is 3.11. The minimum atomic E-state index is -0.992.